The van der Waals surface area contributed by atoms with Crippen LogP contribution in [0.1, 0.15) is 23.2 Å². The molecule has 1 heterocycles. The van der Waals surface area contributed by atoms with E-state index in [9.17, 15) is 9.59 Å². The summed E-state index contributed by atoms with van der Waals surface area (Å²) in [6, 6.07) is 13.8. The summed E-state index contributed by atoms with van der Waals surface area (Å²) in [7, 11) is 1.57. The van der Waals surface area contributed by atoms with Crippen molar-refractivity contribution in [2.24, 2.45) is 5.92 Å². The van der Waals surface area contributed by atoms with Gasteiger partial charge in [-0.1, -0.05) is 12.1 Å². The number of anilines is 2. The summed E-state index contributed by atoms with van der Waals surface area (Å²) < 4.78 is 10.5. The summed E-state index contributed by atoms with van der Waals surface area (Å²) in [5, 5.41) is 8.81. The van der Waals surface area contributed by atoms with Crippen molar-refractivity contribution in [2.75, 3.05) is 37.4 Å². The lowest BCUT2D eigenvalue weighted by molar-refractivity contribution is 0.102. The van der Waals surface area contributed by atoms with Crippen LogP contribution < -0.4 is 20.7 Å². The van der Waals surface area contributed by atoms with Crippen LogP contribution in [0.15, 0.2) is 48.5 Å². The fraction of sp³-hybridized carbons (Fsp3) is 0.333. The molecular formula is C21H25N3O4. The zero-order valence-corrected chi connectivity index (χ0v) is 15.9. The first-order chi connectivity index (χ1) is 13.7. The molecule has 1 aliphatic rings. The van der Waals surface area contributed by atoms with Gasteiger partial charge in [-0.3, -0.25) is 10.1 Å². The highest BCUT2D eigenvalue weighted by atomic mass is 16.5. The van der Waals surface area contributed by atoms with Gasteiger partial charge in [0.05, 0.1) is 25.1 Å². The van der Waals surface area contributed by atoms with Crippen molar-refractivity contribution in [1.82, 2.24) is 5.32 Å². The van der Waals surface area contributed by atoms with Crippen LogP contribution in [-0.2, 0) is 4.74 Å². The van der Waals surface area contributed by atoms with Crippen LogP contribution in [0.3, 0.4) is 0 Å². The Morgan fingerprint density at radius 1 is 1.00 bits per heavy atom. The van der Waals surface area contributed by atoms with Crippen molar-refractivity contribution in [2.45, 2.75) is 12.8 Å². The number of carbonyl (C=O) groups excluding carboxylic acids is 2. The first-order valence-electron chi connectivity index (χ1n) is 9.34. The van der Waals surface area contributed by atoms with Crippen molar-refractivity contribution >= 4 is 23.4 Å². The molecule has 0 aromatic heterocycles. The van der Waals surface area contributed by atoms with Gasteiger partial charge < -0.3 is 20.1 Å². The number of hydrogen-bond donors (Lipinski definition) is 3. The second-order valence-electron chi connectivity index (χ2n) is 6.65. The molecule has 2 aromatic carbocycles. The Balaban J connectivity index is 1.58. The molecule has 3 rings (SSSR count). The van der Waals surface area contributed by atoms with Crippen molar-refractivity contribution in [3.63, 3.8) is 0 Å². The second kappa shape index (κ2) is 9.75. The van der Waals surface area contributed by atoms with Crippen LogP contribution in [0.4, 0.5) is 16.2 Å². The molecule has 7 nitrogen and oxygen atoms in total. The Morgan fingerprint density at radius 2 is 1.64 bits per heavy atom. The van der Waals surface area contributed by atoms with Crippen LogP contribution in [0.2, 0.25) is 0 Å². The monoisotopic (exact) mass is 383 g/mol. The maximum atomic E-state index is 12.5. The minimum atomic E-state index is -0.523. The molecule has 0 bridgehead atoms. The van der Waals surface area contributed by atoms with E-state index in [2.05, 4.69) is 16.0 Å². The van der Waals surface area contributed by atoms with E-state index >= 15 is 0 Å². The third-order valence-corrected chi connectivity index (χ3v) is 4.67. The molecule has 7 heteroatoms. The maximum Gasteiger partial charge on any atom is 0.411 e. The van der Waals surface area contributed by atoms with Crippen LogP contribution in [0, 0.1) is 5.92 Å². The topological polar surface area (TPSA) is 88.7 Å². The van der Waals surface area contributed by atoms with Crippen molar-refractivity contribution < 1.29 is 19.1 Å². The van der Waals surface area contributed by atoms with E-state index < -0.39 is 6.09 Å². The molecule has 0 aliphatic carbocycles. The van der Waals surface area contributed by atoms with E-state index in [4.69, 9.17) is 9.47 Å². The minimum absolute atomic E-state index is 0.278. The Labute approximate surface area is 164 Å². The molecule has 28 heavy (non-hydrogen) atoms. The Hall–Kier alpha value is -3.06. The van der Waals surface area contributed by atoms with Crippen LogP contribution in [-0.4, -0.2) is 38.8 Å². The number of nitrogens with one attached hydrogen (secondary N) is 3. The number of benzene rings is 2. The average Bonchev–Trinajstić information content (AvgIpc) is 2.74. The highest BCUT2D eigenvalue weighted by molar-refractivity contribution is 6.06. The van der Waals surface area contributed by atoms with Crippen LogP contribution in [0.5, 0.6) is 5.75 Å². The smallest absolute Gasteiger partial charge is 0.411 e. The van der Waals surface area contributed by atoms with Gasteiger partial charge >= 0.3 is 6.09 Å². The molecule has 1 aliphatic heterocycles. The third-order valence-electron chi connectivity index (χ3n) is 4.67. The predicted octanol–water partition coefficient (Wildman–Crippen LogP) is 3.50. The zero-order chi connectivity index (χ0) is 19.8. The number of ether oxygens (including phenoxy) is 2. The van der Waals surface area contributed by atoms with Gasteiger partial charge in [0.15, 0.2) is 0 Å². The summed E-state index contributed by atoms with van der Waals surface area (Å²) in [5.41, 5.74) is 1.48. The molecule has 0 radical (unpaired) electrons. The fourth-order valence-electron chi connectivity index (χ4n) is 3.03. The standard InChI is InChI=1S/C21H25N3O4/c1-27-17-8-6-16(7-9-17)20(25)23-18-4-2-3-5-19(18)24-21(26)28-14-15-10-12-22-13-11-15/h2-9,15,22H,10-14H2,1H3,(H,23,25)(H,24,26). The molecule has 0 atom stereocenters. The number of amides is 2. The SMILES string of the molecule is COc1ccc(C(=O)Nc2ccccc2NC(=O)OCC2CCNCC2)cc1. The largest absolute Gasteiger partial charge is 0.497 e. The quantitative estimate of drug-likeness (QED) is 0.711. The van der Waals surface area contributed by atoms with Gasteiger partial charge in [0.25, 0.3) is 5.91 Å². The molecule has 3 N–H and O–H groups in total. The molecule has 1 fully saturated rings. The van der Waals surface area contributed by atoms with Gasteiger partial charge in [0, 0.05) is 5.56 Å². The summed E-state index contributed by atoms with van der Waals surface area (Å²) >= 11 is 0. The van der Waals surface area contributed by atoms with Gasteiger partial charge in [-0.2, -0.15) is 0 Å². The summed E-state index contributed by atoms with van der Waals surface area (Å²) in [6.45, 7) is 2.31. The Kier molecular flexibility index (Phi) is 6.86. The summed E-state index contributed by atoms with van der Waals surface area (Å²) in [5.74, 6) is 0.784. The minimum Gasteiger partial charge on any atom is -0.497 e. The lowest BCUT2D eigenvalue weighted by Gasteiger charge is -2.22. The highest BCUT2D eigenvalue weighted by Gasteiger charge is 2.16. The van der Waals surface area contributed by atoms with Crippen molar-refractivity contribution in [3.8, 4) is 5.75 Å². The number of para-hydroxylation sites is 2. The predicted molar refractivity (Wildman–Crippen MR) is 108 cm³/mol. The molecule has 1 saturated heterocycles. The normalized spacial score (nSPS) is 14.2. The number of rotatable bonds is 6. The zero-order valence-electron chi connectivity index (χ0n) is 15.9. The second-order valence-corrected chi connectivity index (χ2v) is 6.65. The van der Waals surface area contributed by atoms with Crippen molar-refractivity contribution in [1.29, 1.82) is 0 Å². The first-order valence-corrected chi connectivity index (χ1v) is 9.34. The highest BCUT2D eigenvalue weighted by Crippen LogP contribution is 2.23. The van der Waals surface area contributed by atoms with Crippen LogP contribution >= 0.6 is 0 Å². The van der Waals surface area contributed by atoms with E-state index in [-0.39, 0.29) is 5.91 Å². The molecule has 2 aromatic rings. The molecule has 0 unspecified atom stereocenters. The molecule has 0 spiro atoms. The summed E-state index contributed by atoms with van der Waals surface area (Å²) in [6.07, 6.45) is 1.48. The van der Waals surface area contributed by atoms with Crippen LogP contribution in [0.25, 0.3) is 0 Å². The fourth-order valence-corrected chi connectivity index (χ4v) is 3.03. The molecule has 0 saturated carbocycles. The number of piperidine rings is 1. The van der Waals surface area contributed by atoms with Gasteiger partial charge in [-0.05, 0) is 68.2 Å². The molecule has 148 valence electrons. The van der Waals surface area contributed by atoms with Gasteiger partial charge in [-0.15, -0.1) is 0 Å². The lowest BCUT2D eigenvalue weighted by Crippen LogP contribution is -2.31. The first kappa shape index (κ1) is 19.7. The molecular weight excluding hydrogens is 358 g/mol. The van der Waals surface area contributed by atoms with E-state index in [0.717, 1.165) is 25.9 Å². The van der Waals surface area contributed by atoms with Crippen molar-refractivity contribution in [3.05, 3.63) is 54.1 Å². The van der Waals surface area contributed by atoms with E-state index in [0.29, 0.717) is 35.2 Å². The van der Waals surface area contributed by atoms with Gasteiger partial charge in [0.2, 0.25) is 0 Å². The van der Waals surface area contributed by atoms with E-state index in [1.54, 1.807) is 55.6 Å². The summed E-state index contributed by atoms with van der Waals surface area (Å²) in [4.78, 5) is 24.6. The Morgan fingerprint density at radius 3 is 2.29 bits per heavy atom. The average molecular weight is 383 g/mol. The number of methoxy groups -OCH3 is 1. The third kappa shape index (κ3) is 5.47. The number of hydrogen-bond acceptors (Lipinski definition) is 5. The van der Waals surface area contributed by atoms with Gasteiger partial charge in [-0.25, -0.2) is 4.79 Å². The number of carbonyl (C=O) groups is 2. The Bertz CT molecular complexity index is 802. The van der Waals surface area contributed by atoms with E-state index in [1.165, 1.54) is 0 Å². The lowest BCUT2D eigenvalue weighted by atomic mass is 9.99. The maximum absolute atomic E-state index is 12.5. The van der Waals surface area contributed by atoms with E-state index in [1.807, 2.05) is 0 Å². The van der Waals surface area contributed by atoms with Gasteiger partial charge in [0.1, 0.15) is 5.75 Å². The molecule has 2 amide bonds.